The van der Waals surface area contributed by atoms with E-state index in [1.807, 2.05) is 12.3 Å². The number of hydrogen-bond donors (Lipinski definition) is 0. The van der Waals surface area contributed by atoms with Gasteiger partial charge in [-0.25, -0.2) is 4.98 Å². The summed E-state index contributed by atoms with van der Waals surface area (Å²) in [5.41, 5.74) is 1.39. The second-order valence-corrected chi connectivity index (χ2v) is 6.69. The normalized spacial score (nSPS) is 15.2. The number of carbonyl (C=O) groups is 2. The van der Waals surface area contributed by atoms with E-state index < -0.39 is 0 Å². The van der Waals surface area contributed by atoms with Crippen molar-refractivity contribution in [2.24, 2.45) is 0 Å². The summed E-state index contributed by atoms with van der Waals surface area (Å²) in [4.78, 5) is 32.5. The Balaban J connectivity index is 1.55. The number of furan rings is 1. The van der Waals surface area contributed by atoms with E-state index in [1.54, 1.807) is 46.3 Å². The van der Waals surface area contributed by atoms with Crippen LogP contribution >= 0.6 is 11.3 Å². The SMILES string of the molecule is Cc1nc(/C=C/C(=O)N2CCN(C(=O)c3ccoc3C)CC2)cs1. The molecule has 1 aliphatic rings. The van der Waals surface area contributed by atoms with Gasteiger partial charge in [-0.2, -0.15) is 0 Å². The average Bonchev–Trinajstić information content (AvgIpc) is 3.20. The topological polar surface area (TPSA) is 66.7 Å². The van der Waals surface area contributed by atoms with Gasteiger partial charge in [0, 0.05) is 37.6 Å². The Morgan fingerprint density at radius 1 is 1.21 bits per heavy atom. The van der Waals surface area contributed by atoms with Gasteiger partial charge in [-0.3, -0.25) is 9.59 Å². The van der Waals surface area contributed by atoms with Crippen LogP contribution in [0.3, 0.4) is 0 Å². The molecule has 126 valence electrons. The summed E-state index contributed by atoms with van der Waals surface area (Å²) in [6.45, 7) is 5.82. The van der Waals surface area contributed by atoms with Gasteiger partial charge in [-0.1, -0.05) is 0 Å². The molecule has 7 heteroatoms. The van der Waals surface area contributed by atoms with E-state index in [4.69, 9.17) is 4.42 Å². The van der Waals surface area contributed by atoms with E-state index in [9.17, 15) is 9.59 Å². The fourth-order valence-electron chi connectivity index (χ4n) is 2.63. The number of hydrogen-bond acceptors (Lipinski definition) is 5. The van der Waals surface area contributed by atoms with Crippen LogP contribution in [0.2, 0.25) is 0 Å². The van der Waals surface area contributed by atoms with E-state index >= 15 is 0 Å². The Labute approximate surface area is 144 Å². The van der Waals surface area contributed by atoms with Crippen molar-refractivity contribution in [1.29, 1.82) is 0 Å². The van der Waals surface area contributed by atoms with Crippen molar-refractivity contribution in [2.75, 3.05) is 26.2 Å². The molecular weight excluding hydrogens is 326 g/mol. The zero-order valence-corrected chi connectivity index (χ0v) is 14.5. The van der Waals surface area contributed by atoms with Crippen LogP contribution in [0.25, 0.3) is 6.08 Å². The predicted octanol–water partition coefficient (Wildman–Crippen LogP) is 2.35. The number of aromatic nitrogens is 1. The minimum atomic E-state index is -0.0488. The molecule has 6 nitrogen and oxygen atoms in total. The lowest BCUT2D eigenvalue weighted by molar-refractivity contribution is -0.127. The number of nitrogens with zero attached hydrogens (tertiary/aromatic N) is 3. The molecule has 1 fully saturated rings. The average molecular weight is 345 g/mol. The summed E-state index contributed by atoms with van der Waals surface area (Å²) >= 11 is 1.56. The molecular formula is C17H19N3O3S. The number of piperazine rings is 1. The Kier molecular flexibility index (Phi) is 4.80. The summed E-state index contributed by atoms with van der Waals surface area (Å²) < 4.78 is 5.19. The first-order chi connectivity index (χ1) is 11.5. The zero-order valence-electron chi connectivity index (χ0n) is 13.7. The zero-order chi connectivity index (χ0) is 17.1. The molecule has 0 N–H and O–H groups in total. The molecule has 0 aliphatic carbocycles. The van der Waals surface area contributed by atoms with Gasteiger partial charge in [0.1, 0.15) is 5.76 Å². The molecule has 2 amide bonds. The molecule has 0 spiro atoms. The lowest BCUT2D eigenvalue weighted by Crippen LogP contribution is -2.50. The van der Waals surface area contributed by atoms with Crippen LogP contribution in [0.1, 0.15) is 26.8 Å². The molecule has 0 unspecified atom stereocenters. The highest BCUT2D eigenvalue weighted by atomic mass is 32.1. The molecule has 0 radical (unpaired) electrons. The standard InChI is InChI=1S/C17H19N3O3S/c1-12-15(5-10-23-12)17(22)20-8-6-19(7-9-20)16(21)4-3-14-11-24-13(2)18-14/h3-5,10-11H,6-9H2,1-2H3/b4-3+. The summed E-state index contributed by atoms with van der Waals surface area (Å²) in [7, 11) is 0. The van der Waals surface area contributed by atoms with Gasteiger partial charge in [0.2, 0.25) is 5.91 Å². The van der Waals surface area contributed by atoms with Crippen molar-refractivity contribution in [1.82, 2.24) is 14.8 Å². The van der Waals surface area contributed by atoms with Gasteiger partial charge in [0.25, 0.3) is 5.91 Å². The highest BCUT2D eigenvalue weighted by molar-refractivity contribution is 7.09. The predicted molar refractivity (Wildman–Crippen MR) is 91.8 cm³/mol. The Morgan fingerprint density at radius 3 is 2.50 bits per heavy atom. The molecule has 3 rings (SSSR count). The molecule has 0 atom stereocenters. The van der Waals surface area contributed by atoms with Gasteiger partial charge >= 0.3 is 0 Å². The highest BCUT2D eigenvalue weighted by Crippen LogP contribution is 2.14. The molecule has 2 aromatic heterocycles. The Hall–Kier alpha value is -2.41. The Bertz CT molecular complexity index is 770. The van der Waals surface area contributed by atoms with Crippen LogP contribution in [0, 0.1) is 13.8 Å². The molecule has 1 aliphatic heterocycles. The van der Waals surface area contributed by atoms with Crippen LogP contribution in [-0.4, -0.2) is 52.8 Å². The van der Waals surface area contributed by atoms with E-state index in [-0.39, 0.29) is 11.8 Å². The number of aryl methyl sites for hydroxylation is 2. The molecule has 24 heavy (non-hydrogen) atoms. The van der Waals surface area contributed by atoms with Gasteiger partial charge in [0.05, 0.1) is 22.5 Å². The number of rotatable bonds is 3. The largest absolute Gasteiger partial charge is 0.469 e. The van der Waals surface area contributed by atoms with Gasteiger partial charge in [-0.15, -0.1) is 11.3 Å². The van der Waals surface area contributed by atoms with Crippen molar-refractivity contribution >= 4 is 29.2 Å². The minimum absolute atomic E-state index is 0.0400. The lowest BCUT2D eigenvalue weighted by atomic mass is 10.2. The number of thiazole rings is 1. The third-order valence-corrected chi connectivity index (χ3v) is 4.79. The molecule has 0 bridgehead atoms. The van der Waals surface area contributed by atoms with Crippen LogP contribution in [0.4, 0.5) is 0 Å². The van der Waals surface area contributed by atoms with Gasteiger partial charge < -0.3 is 14.2 Å². The smallest absolute Gasteiger partial charge is 0.257 e. The highest BCUT2D eigenvalue weighted by Gasteiger charge is 2.25. The first-order valence-corrected chi connectivity index (χ1v) is 8.65. The number of amides is 2. The van der Waals surface area contributed by atoms with Gasteiger partial charge in [-0.05, 0) is 26.0 Å². The lowest BCUT2D eigenvalue weighted by Gasteiger charge is -2.34. The van der Waals surface area contributed by atoms with E-state index in [0.29, 0.717) is 37.5 Å². The van der Waals surface area contributed by atoms with Crippen LogP contribution in [-0.2, 0) is 4.79 Å². The monoisotopic (exact) mass is 345 g/mol. The molecule has 0 saturated carbocycles. The summed E-state index contributed by atoms with van der Waals surface area (Å²) in [5, 5.41) is 2.90. The second-order valence-electron chi connectivity index (χ2n) is 5.63. The molecule has 1 saturated heterocycles. The van der Waals surface area contributed by atoms with Gasteiger partial charge in [0.15, 0.2) is 0 Å². The van der Waals surface area contributed by atoms with Crippen LogP contribution in [0.5, 0.6) is 0 Å². The van der Waals surface area contributed by atoms with Crippen molar-refractivity contribution in [3.05, 3.63) is 45.8 Å². The molecule has 0 aromatic carbocycles. The van der Waals surface area contributed by atoms with E-state index in [0.717, 1.165) is 10.7 Å². The third kappa shape index (κ3) is 3.56. The fourth-order valence-corrected chi connectivity index (χ4v) is 3.21. The van der Waals surface area contributed by atoms with Crippen LogP contribution < -0.4 is 0 Å². The fraction of sp³-hybridized carbons (Fsp3) is 0.353. The molecule has 2 aromatic rings. The minimum Gasteiger partial charge on any atom is -0.469 e. The maximum Gasteiger partial charge on any atom is 0.257 e. The van der Waals surface area contributed by atoms with Crippen molar-refractivity contribution < 1.29 is 14.0 Å². The Morgan fingerprint density at radius 2 is 1.92 bits per heavy atom. The van der Waals surface area contributed by atoms with Crippen molar-refractivity contribution in [3.8, 4) is 0 Å². The quantitative estimate of drug-likeness (QED) is 0.801. The summed E-state index contributed by atoms with van der Waals surface area (Å²) in [6, 6.07) is 1.69. The van der Waals surface area contributed by atoms with E-state index in [2.05, 4.69) is 4.98 Å². The maximum absolute atomic E-state index is 12.4. The van der Waals surface area contributed by atoms with Crippen LogP contribution in [0.15, 0.2) is 28.2 Å². The first-order valence-electron chi connectivity index (χ1n) is 7.77. The number of carbonyl (C=O) groups excluding carboxylic acids is 2. The maximum atomic E-state index is 12.4. The molecule has 3 heterocycles. The summed E-state index contributed by atoms with van der Waals surface area (Å²) in [6.07, 6.45) is 4.80. The third-order valence-electron chi connectivity index (χ3n) is 4.00. The second kappa shape index (κ2) is 7.00. The van der Waals surface area contributed by atoms with E-state index in [1.165, 1.54) is 6.26 Å². The van der Waals surface area contributed by atoms with Crippen molar-refractivity contribution in [2.45, 2.75) is 13.8 Å². The first kappa shape index (κ1) is 16.4. The summed E-state index contributed by atoms with van der Waals surface area (Å²) in [5.74, 6) is 0.536. The van der Waals surface area contributed by atoms with Crippen molar-refractivity contribution in [3.63, 3.8) is 0 Å².